The van der Waals surface area contributed by atoms with E-state index in [0.29, 0.717) is 54.6 Å². The second kappa shape index (κ2) is 11.4. The highest BCUT2D eigenvalue weighted by Gasteiger charge is 2.34. The molecule has 1 aliphatic rings. The average molecular weight is 573 g/mol. The lowest BCUT2D eigenvalue weighted by Crippen LogP contribution is -2.40. The number of hydrogen-bond acceptors (Lipinski definition) is 9. The van der Waals surface area contributed by atoms with Crippen LogP contribution >= 0.6 is 11.3 Å². The van der Waals surface area contributed by atoms with E-state index in [1.165, 1.54) is 23.0 Å². The number of benzene rings is 2. The number of fused-ring (bicyclic) bond motifs is 1. The Morgan fingerprint density at radius 2 is 1.76 bits per heavy atom. The summed E-state index contributed by atoms with van der Waals surface area (Å²) in [5.74, 6) is 0.510. The van der Waals surface area contributed by atoms with Crippen LogP contribution in [0.25, 0.3) is 17.4 Å². The molecular weight excluding hydrogens is 544 g/mol. The minimum Gasteiger partial charge on any atom is -0.497 e. The topological polar surface area (TPSA) is 109 Å². The molecular formula is C31H28N2O7S. The van der Waals surface area contributed by atoms with Crippen LogP contribution in [0.5, 0.6) is 5.75 Å². The molecule has 0 radical (unpaired) electrons. The van der Waals surface area contributed by atoms with Gasteiger partial charge in [-0.2, -0.15) is 0 Å². The Kier molecular flexibility index (Phi) is 7.76. The lowest BCUT2D eigenvalue weighted by molar-refractivity contribution is -0.143. The van der Waals surface area contributed by atoms with E-state index in [1.54, 1.807) is 82.5 Å². The van der Waals surface area contributed by atoms with Gasteiger partial charge >= 0.3 is 11.9 Å². The summed E-state index contributed by atoms with van der Waals surface area (Å²) >= 11 is 1.19. The van der Waals surface area contributed by atoms with Crippen molar-refractivity contribution in [2.75, 3.05) is 14.2 Å². The minimum atomic E-state index is -0.746. The van der Waals surface area contributed by atoms with Crippen molar-refractivity contribution in [1.82, 2.24) is 4.57 Å². The lowest BCUT2D eigenvalue weighted by Gasteiger charge is -2.25. The van der Waals surface area contributed by atoms with Crippen LogP contribution in [0.2, 0.25) is 0 Å². The van der Waals surface area contributed by atoms with E-state index < -0.39 is 18.0 Å². The van der Waals surface area contributed by atoms with Gasteiger partial charge in [0.1, 0.15) is 17.3 Å². The lowest BCUT2D eigenvalue weighted by atomic mass is 9.96. The number of allylic oxidation sites excluding steroid dienone is 1. The number of aromatic nitrogens is 1. The van der Waals surface area contributed by atoms with Crippen molar-refractivity contribution < 1.29 is 28.2 Å². The van der Waals surface area contributed by atoms with Crippen LogP contribution in [-0.4, -0.2) is 36.8 Å². The van der Waals surface area contributed by atoms with Crippen molar-refractivity contribution in [1.29, 1.82) is 0 Å². The predicted octanol–water partition coefficient (Wildman–Crippen LogP) is 4.24. The van der Waals surface area contributed by atoms with Crippen molar-refractivity contribution in [3.8, 4) is 17.1 Å². The van der Waals surface area contributed by atoms with Crippen molar-refractivity contribution in [3.05, 3.63) is 109 Å². The number of ether oxygens (including phenoxy) is 3. The second-order valence-electron chi connectivity index (χ2n) is 9.55. The minimum absolute atomic E-state index is 0.294. The first-order valence-electron chi connectivity index (χ1n) is 12.9. The number of thiazole rings is 1. The molecule has 9 nitrogen and oxygen atoms in total. The fourth-order valence-electron chi connectivity index (χ4n) is 4.65. The van der Waals surface area contributed by atoms with Gasteiger partial charge in [-0.3, -0.25) is 9.36 Å². The Hall–Kier alpha value is -4.70. The Bertz CT molecular complexity index is 1840. The van der Waals surface area contributed by atoms with Gasteiger partial charge in [-0.25, -0.2) is 14.6 Å². The molecule has 1 aliphatic heterocycles. The summed E-state index contributed by atoms with van der Waals surface area (Å²) in [7, 11) is 2.89. The molecule has 3 heterocycles. The fraction of sp³-hybridized carbons (Fsp3) is 0.226. The molecule has 2 aromatic carbocycles. The van der Waals surface area contributed by atoms with Crippen LogP contribution in [0.3, 0.4) is 0 Å². The maximum Gasteiger partial charge on any atom is 0.338 e. The van der Waals surface area contributed by atoms with E-state index in [-0.39, 0.29) is 11.7 Å². The fourth-order valence-corrected chi connectivity index (χ4v) is 5.68. The first-order valence-corrected chi connectivity index (χ1v) is 13.7. The zero-order valence-corrected chi connectivity index (χ0v) is 24.0. The average Bonchev–Trinajstić information content (AvgIpc) is 3.55. The molecule has 0 amide bonds. The molecule has 2 aromatic heterocycles. The van der Waals surface area contributed by atoms with Crippen LogP contribution in [0.4, 0.5) is 0 Å². The summed E-state index contributed by atoms with van der Waals surface area (Å²) < 4.78 is 23.6. The van der Waals surface area contributed by atoms with Crippen LogP contribution in [0, 0.1) is 0 Å². The van der Waals surface area contributed by atoms with E-state index in [0.717, 1.165) is 0 Å². The van der Waals surface area contributed by atoms with Crippen molar-refractivity contribution in [2.24, 2.45) is 4.99 Å². The van der Waals surface area contributed by atoms with E-state index >= 15 is 0 Å². The number of carbonyl (C=O) groups is 2. The molecule has 0 bridgehead atoms. The van der Waals surface area contributed by atoms with Crippen molar-refractivity contribution in [3.63, 3.8) is 0 Å². The van der Waals surface area contributed by atoms with Crippen LogP contribution in [0.1, 0.15) is 48.5 Å². The predicted molar refractivity (Wildman–Crippen MR) is 153 cm³/mol. The zero-order chi connectivity index (χ0) is 29.3. The number of esters is 2. The van der Waals surface area contributed by atoms with Gasteiger partial charge in [-0.1, -0.05) is 41.7 Å². The highest BCUT2D eigenvalue weighted by molar-refractivity contribution is 7.07. The standard InChI is InChI=1S/C31H28N2O7S/c1-17(2)39-30(36)26-18(3)32-31-33(27(26)19-10-12-20(37-4)13-11-19)28(34)25(41-31)16-21-14-15-24(40-21)22-8-6-7-9-23(22)29(35)38-5/h6-17,27H,1-5H3/b25-16+/t27-/m0/s1. The molecule has 4 aromatic rings. The molecule has 0 saturated carbocycles. The summed E-state index contributed by atoms with van der Waals surface area (Å²) in [6.07, 6.45) is 1.28. The van der Waals surface area contributed by atoms with Gasteiger partial charge < -0.3 is 18.6 Å². The van der Waals surface area contributed by atoms with Gasteiger partial charge in [0.15, 0.2) is 4.80 Å². The summed E-state index contributed by atoms with van der Waals surface area (Å²) in [6.45, 7) is 5.28. The summed E-state index contributed by atoms with van der Waals surface area (Å²) in [4.78, 5) is 44.4. The monoisotopic (exact) mass is 572 g/mol. The molecule has 41 heavy (non-hydrogen) atoms. The van der Waals surface area contributed by atoms with E-state index in [1.807, 2.05) is 12.1 Å². The smallest absolute Gasteiger partial charge is 0.338 e. The largest absolute Gasteiger partial charge is 0.497 e. The van der Waals surface area contributed by atoms with Gasteiger partial charge in [0.2, 0.25) is 0 Å². The summed E-state index contributed by atoms with van der Waals surface area (Å²) in [5.41, 5.74) is 2.09. The number of rotatable bonds is 7. The number of nitrogens with zero attached hydrogens (tertiary/aromatic N) is 2. The zero-order valence-electron chi connectivity index (χ0n) is 23.2. The van der Waals surface area contributed by atoms with Gasteiger partial charge in [-0.05, 0) is 56.7 Å². The quantitative estimate of drug-likeness (QED) is 0.305. The maximum absolute atomic E-state index is 13.9. The van der Waals surface area contributed by atoms with Gasteiger partial charge in [0, 0.05) is 11.6 Å². The molecule has 0 unspecified atom stereocenters. The van der Waals surface area contributed by atoms with E-state index in [9.17, 15) is 14.4 Å². The second-order valence-corrected chi connectivity index (χ2v) is 10.6. The van der Waals surface area contributed by atoms with Crippen molar-refractivity contribution in [2.45, 2.75) is 32.9 Å². The Morgan fingerprint density at radius 1 is 1.02 bits per heavy atom. The molecule has 1 atom stereocenters. The Labute approximate surface area is 239 Å². The maximum atomic E-state index is 13.9. The summed E-state index contributed by atoms with van der Waals surface area (Å²) in [6, 6.07) is 16.9. The number of carbonyl (C=O) groups excluding carboxylic acids is 2. The van der Waals surface area contributed by atoms with Gasteiger partial charge in [0.25, 0.3) is 5.56 Å². The van der Waals surface area contributed by atoms with E-state index in [4.69, 9.17) is 18.6 Å². The summed E-state index contributed by atoms with van der Waals surface area (Å²) in [5, 5.41) is 0. The number of furan rings is 1. The van der Waals surface area contributed by atoms with Gasteiger partial charge in [0.05, 0.1) is 47.7 Å². The van der Waals surface area contributed by atoms with Crippen LogP contribution in [-0.2, 0) is 14.3 Å². The van der Waals surface area contributed by atoms with Crippen LogP contribution in [0.15, 0.2) is 86.1 Å². The Balaban J connectivity index is 1.62. The third-order valence-corrected chi connectivity index (χ3v) is 7.50. The SMILES string of the molecule is COC(=O)c1ccccc1-c1ccc(/C=c2/sc3n(c2=O)[C@@H](c2ccc(OC)cc2)C(C(=O)OC(C)C)=C(C)N=3)o1. The molecule has 0 saturated heterocycles. The van der Waals surface area contributed by atoms with E-state index in [2.05, 4.69) is 4.99 Å². The Morgan fingerprint density at radius 3 is 2.44 bits per heavy atom. The molecule has 0 fully saturated rings. The third-order valence-electron chi connectivity index (χ3n) is 6.51. The normalized spacial score (nSPS) is 15.0. The first kappa shape index (κ1) is 27.9. The highest BCUT2D eigenvalue weighted by Crippen LogP contribution is 2.32. The number of methoxy groups -OCH3 is 2. The molecule has 0 spiro atoms. The third kappa shape index (κ3) is 5.38. The van der Waals surface area contributed by atoms with Crippen LogP contribution < -0.4 is 19.6 Å². The molecule has 5 rings (SSSR count). The number of hydrogen-bond donors (Lipinski definition) is 0. The van der Waals surface area contributed by atoms with Crippen molar-refractivity contribution >= 4 is 29.4 Å². The molecule has 10 heteroatoms. The molecule has 0 aliphatic carbocycles. The molecule has 210 valence electrons. The highest BCUT2D eigenvalue weighted by atomic mass is 32.1. The molecule has 0 N–H and O–H groups in total. The first-order chi connectivity index (χ1) is 19.7. The van der Waals surface area contributed by atoms with Gasteiger partial charge in [-0.15, -0.1) is 0 Å².